The number of aromatic nitrogens is 2. The highest BCUT2D eigenvalue weighted by Gasteiger charge is 2.31. The Bertz CT molecular complexity index is 965. The molecule has 2 aliphatic rings. The van der Waals surface area contributed by atoms with E-state index in [1.807, 2.05) is 39.0 Å². The molecule has 1 aromatic heterocycles. The fraction of sp³-hybridized carbons (Fsp3) is 0.542. The predicted octanol–water partition coefficient (Wildman–Crippen LogP) is 3.36. The summed E-state index contributed by atoms with van der Waals surface area (Å²) >= 11 is 0. The van der Waals surface area contributed by atoms with Gasteiger partial charge in [0.2, 0.25) is 6.79 Å². The van der Waals surface area contributed by atoms with Gasteiger partial charge >= 0.3 is 5.97 Å². The van der Waals surface area contributed by atoms with Gasteiger partial charge in [-0.3, -0.25) is 9.78 Å². The van der Waals surface area contributed by atoms with Crippen LogP contribution in [0.3, 0.4) is 0 Å². The van der Waals surface area contributed by atoms with Crippen molar-refractivity contribution >= 4 is 11.8 Å². The van der Waals surface area contributed by atoms with E-state index in [9.17, 15) is 9.90 Å². The van der Waals surface area contributed by atoms with Crippen molar-refractivity contribution in [1.29, 1.82) is 0 Å². The average molecular weight is 442 g/mol. The zero-order valence-corrected chi connectivity index (χ0v) is 19.0. The average Bonchev–Trinajstić information content (AvgIpc) is 3.24. The first kappa shape index (κ1) is 22.3. The Morgan fingerprint density at radius 2 is 1.97 bits per heavy atom. The molecule has 3 heterocycles. The van der Waals surface area contributed by atoms with Crippen molar-refractivity contribution in [3.8, 4) is 22.8 Å². The number of ether oxygens (including phenoxy) is 3. The van der Waals surface area contributed by atoms with Crippen LogP contribution >= 0.6 is 0 Å². The molecule has 172 valence electrons. The zero-order chi connectivity index (χ0) is 22.7. The molecule has 2 aliphatic heterocycles. The molecule has 0 radical (unpaired) electrons. The fourth-order valence-corrected chi connectivity index (χ4v) is 3.98. The number of hydrogen-bond donors (Lipinski definition) is 1. The Kier molecular flexibility index (Phi) is 6.50. The van der Waals surface area contributed by atoms with Crippen LogP contribution in [0, 0.1) is 5.92 Å². The van der Waals surface area contributed by atoms with Crippen molar-refractivity contribution in [3.05, 3.63) is 30.1 Å². The number of hydrogen-bond acceptors (Lipinski definition) is 8. The molecule has 0 saturated carbocycles. The van der Waals surface area contributed by atoms with Crippen molar-refractivity contribution < 1.29 is 24.1 Å². The SMILES string of the molecule is CC(C)(C)OC(=O)C1CCN(c2nc(CCCO)cnc2-c2ccc3c(c2)OCO3)CC1. The molecule has 1 saturated heterocycles. The molecule has 32 heavy (non-hydrogen) atoms. The minimum Gasteiger partial charge on any atom is -0.460 e. The number of fused-ring (bicyclic) bond motifs is 1. The van der Waals surface area contributed by atoms with Gasteiger partial charge in [0.25, 0.3) is 0 Å². The number of carbonyl (C=O) groups excluding carboxylic acids is 1. The van der Waals surface area contributed by atoms with Crippen molar-refractivity contribution in [2.45, 2.75) is 52.1 Å². The van der Waals surface area contributed by atoms with Crippen LogP contribution in [-0.2, 0) is 16.0 Å². The minimum absolute atomic E-state index is 0.106. The molecule has 0 unspecified atom stereocenters. The highest BCUT2D eigenvalue weighted by atomic mass is 16.7. The van der Waals surface area contributed by atoms with E-state index in [1.165, 1.54) is 0 Å². The van der Waals surface area contributed by atoms with Gasteiger partial charge < -0.3 is 24.2 Å². The lowest BCUT2D eigenvalue weighted by atomic mass is 9.96. The van der Waals surface area contributed by atoms with Gasteiger partial charge in [0.1, 0.15) is 11.3 Å². The maximum atomic E-state index is 12.5. The number of rotatable bonds is 6. The van der Waals surface area contributed by atoms with Crippen LogP contribution in [0.25, 0.3) is 11.3 Å². The molecule has 0 bridgehead atoms. The minimum atomic E-state index is -0.479. The number of aliphatic hydroxyl groups excluding tert-OH is 1. The van der Waals surface area contributed by atoms with E-state index in [0.29, 0.717) is 44.5 Å². The summed E-state index contributed by atoms with van der Waals surface area (Å²) in [5, 5.41) is 9.20. The molecule has 1 aromatic carbocycles. The molecule has 0 amide bonds. The summed E-state index contributed by atoms with van der Waals surface area (Å²) in [4.78, 5) is 24.3. The van der Waals surface area contributed by atoms with Crippen molar-refractivity contribution in [1.82, 2.24) is 9.97 Å². The topological polar surface area (TPSA) is 94.0 Å². The second-order valence-corrected chi connectivity index (χ2v) is 9.22. The van der Waals surface area contributed by atoms with Crippen molar-refractivity contribution in [2.75, 3.05) is 31.4 Å². The third-order valence-electron chi connectivity index (χ3n) is 5.58. The summed E-state index contributed by atoms with van der Waals surface area (Å²) in [5.41, 5.74) is 2.03. The summed E-state index contributed by atoms with van der Waals surface area (Å²) in [6.07, 6.45) is 4.48. The van der Waals surface area contributed by atoms with Crippen LogP contribution < -0.4 is 14.4 Å². The number of carbonyl (C=O) groups is 1. The Balaban J connectivity index is 1.57. The highest BCUT2D eigenvalue weighted by molar-refractivity contribution is 5.76. The van der Waals surface area contributed by atoms with Gasteiger partial charge in [-0.25, -0.2) is 4.98 Å². The van der Waals surface area contributed by atoms with Crippen LogP contribution in [0.15, 0.2) is 24.4 Å². The highest BCUT2D eigenvalue weighted by Crippen LogP contribution is 2.38. The molecule has 4 rings (SSSR count). The first-order valence-electron chi connectivity index (χ1n) is 11.2. The number of piperidine rings is 1. The van der Waals surface area contributed by atoms with E-state index in [0.717, 1.165) is 28.5 Å². The van der Waals surface area contributed by atoms with Gasteiger partial charge in [0.05, 0.1) is 11.6 Å². The molecule has 1 N–H and O–H groups in total. The van der Waals surface area contributed by atoms with Gasteiger partial charge in [-0.15, -0.1) is 0 Å². The standard InChI is InChI=1S/C24H31N3O5/c1-24(2,3)32-23(29)16-8-10-27(11-9-16)22-21(25-14-18(26-22)5-4-12-28)17-6-7-19-20(13-17)31-15-30-19/h6-7,13-14,16,28H,4-5,8-12,15H2,1-3H3. The van der Waals surface area contributed by atoms with E-state index >= 15 is 0 Å². The monoisotopic (exact) mass is 441 g/mol. The van der Waals surface area contributed by atoms with E-state index < -0.39 is 5.60 Å². The Morgan fingerprint density at radius 3 is 2.69 bits per heavy atom. The lowest BCUT2D eigenvalue weighted by Crippen LogP contribution is -2.39. The molecule has 0 atom stereocenters. The fourth-order valence-electron chi connectivity index (χ4n) is 3.98. The summed E-state index contributed by atoms with van der Waals surface area (Å²) < 4.78 is 16.6. The van der Waals surface area contributed by atoms with Crippen molar-refractivity contribution in [2.24, 2.45) is 5.92 Å². The smallest absolute Gasteiger partial charge is 0.309 e. The molecular weight excluding hydrogens is 410 g/mol. The van der Waals surface area contributed by atoms with Crippen LogP contribution in [0.1, 0.15) is 45.7 Å². The third kappa shape index (κ3) is 5.12. The van der Waals surface area contributed by atoms with Crippen LogP contribution in [0.4, 0.5) is 5.82 Å². The molecular formula is C24H31N3O5. The molecule has 0 spiro atoms. The van der Waals surface area contributed by atoms with Gasteiger partial charge in [-0.05, 0) is 64.7 Å². The molecule has 2 aromatic rings. The zero-order valence-electron chi connectivity index (χ0n) is 19.0. The number of anilines is 1. The summed E-state index contributed by atoms with van der Waals surface area (Å²) in [6, 6.07) is 5.77. The van der Waals surface area contributed by atoms with Crippen LogP contribution in [-0.4, -0.2) is 53.1 Å². The predicted molar refractivity (Wildman–Crippen MR) is 120 cm³/mol. The van der Waals surface area contributed by atoms with E-state index in [-0.39, 0.29) is 25.3 Å². The van der Waals surface area contributed by atoms with Crippen molar-refractivity contribution in [3.63, 3.8) is 0 Å². The Morgan fingerprint density at radius 1 is 1.22 bits per heavy atom. The Hall–Kier alpha value is -2.87. The molecule has 1 fully saturated rings. The molecule has 0 aliphatic carbocycles. The summed E-state index contributed by atoms with van der Waals surface area (Å²) in [6.45, 7) is 7.40. The lowest BCUT2D eigenvalue weighted by molar-refractivity contribution is -0.160. The molecule has 8 heteroatoms. The summed E-state index contributed by atoms with van der Waals surface area (Å²) in [7, 11) is 0. The first-order valence-corrected chi connectivity index (χ1v) is 11.2. The van der Waals surface area contributed by atoms with Gasteiger partial charge in [-0.2, -0.15) is 0 Å². The maximum absolute atomic E-state index is 12.5. The quantitative estimate of drug-likeness (QED) is 0.682. The van der Waals surface area contributed by atoms with Crippen LogP contribution in [0.5, 0.6) is 11.5 Å². The number of benzene rings is 1. The Labute approximate surface area is 188 Å². The second kappa shape index (κ2) is 9.32. The third-order valence-corrected chi connectivity index (χ3v) is 5.58. The second-order valence-electron chi connectivity index (χ2n) is 9.22. The van der Waals surface area contributed by atoms with E-state index in [2.05, 4.69) is 4.90 Å². The first-order chi connectivity index (χ1) is 15.3. The number of esters is 1. The number of aryl methyl sites for hydroxylation is 1. The van der Waals surface area contributed by atoms with Gasteiger partial charge in [0, 0.05) is 31.5 Å². The largest absolute Gasteiger partial charge is 0.460 e. The maximum Gasteiger partial charge on any atom is 0.309 e. The van der Waals surface area contributed by atoms with Crippen LogP contribution in [0.2, 0.25) is 0 Å². The summed E-state index contributed by atoms with van der Waals surface area (Å²) in [5.74, 6) is 1.98. The van der Waals surface area contributed by atoms with Gasteiger partial charge in [0.15, 0.2) is 17.3 Å². The lowest BCUT2D eigenvalue weighted by Gasteiger charge is -2.34. The van der Waals surface area contributed by atoms with E-state index in [4.69, 9.17) is 24.2 Å². The normalized spacial score (nSPS) is 16.3. The van der Waals surface area contributed by atoms with Gasteiger partial charge in [-0.1, -0.05) is 0 Å². The van der Waals surface area contributed by atoms with E-state index in [1.54, 1.807) is 6.20 Å². The number of aliphatic hydroxyl groups is 1. The number of nitrogens with zero attached hydrogens (tertiary/aromatic N) is 3. The molecule has 8 nitrogen and oxygen atoms in total.